The quantitative estimate of drug-likeness (QED) is 0.579. The van der Waals surface area contributed by atoms with Crippen molar-refractivity contribution in [2.45, 2.75) is 20.3 Å². The van der Waals surface area contributed by atoms with Crippen LogP contribution in [0.4, 0.5) is 5.69 Å². The largest absolute Gasteiger partial charge is 0.495 e. The second-order valence-electron chi connectivity index (χ2n) is 6.62. The maximum absolute atomic E-state index is 11.9. The summed E-state index contributed by atoms with van der Waals surface area (Å²) >= 11 is 5.26. The van der Waals surface area contributed by atoms with Crippen LogP contribution in [0.2, 0.25) is 0 Å². The van der Waals surface area contributed by atoms with Gasteiger partial charge in [0.2, 0.25) is 5.91 Å². The van der Waals surface area contributed by atoms with Gasteiger partial charge in [-0.1, -0.05) is 26.0 Å². The zero-order valence-corrected chi connectivity index (χ0v) is 16.3. The number of carbonyl (C=O) groups is 1. The monoisotopic (exact) mass is 382 g/mol. The number of hydrogen-bond donors (Lipinski definition) is 3. The number of methoxy groups -OCH3 is 1. The summed E-state index contributed by atoms with van der Waals surface area (Å²) in [6, 6.07) is 13.5. The molecule has 0 saturated heterocycles. The van der Waals surface area contributed by atoms with E-state index in [1.165, 1.54) is 0 Å². The lowest BCUT2D eigenvalue weighted by Crippen LogP contribution is -2.34. The number of rotatable bonds is 5. The van der Waals surface area contributed by atoms with Gasteiger partial charge in [-0.2, -0.15) is 0 Å². The molecule has 2 aromatic carbocycles. The Hall–Kier alpha value is -2.93. The highest BCUT2D eigenvalue weighted by Crippen LogP contribution is 2.30. The van der Waals surface area contributed by atoms with Crippen molar-refractivity contribution in [3.8, 4) is 17.1 Å². The van der Waals surface area contributed by atoms with Crippen molar-refractivity contribution >= 4 is 40.0 Å². The van der Waals surface area contributed by atoms with Crippen LogP contribution in [0, 0.1) is 5.92 Å². The van der Waals surface area contributed by atoms with Gasteiger partial charge >= 0.3 is 0 Å². The second-order valence-corrected chi connectivity index (χ2v) is 7.03. The highest BCUT2D eigenvalue weighted by atomic mass is 32.1. The van der Waals surface area contributed by atoms with Crippen LogP contribution in [0.25, 0.3) is 22.4 Å². The molecule has 0 saturated carbocycles. The molecule has 7 heteroatoms. The van der Waals surface area contributed by atoms with Crippen LogP contribution >= 0.6 is 12.2 Å². The third kappa shape index (κ3) is 4.62. The van der Waals surface area contributed by atoms with Crippen molar-refractivity contribution in [1.29, 1.82) is 0 Å². The first-order valence-electron chi connectivity index (χ1n) is 8.70. The zero-order valence-electron chi connectivity index (χ0n) is 15.5. The Morgan fingerprint density at radius 3 is 2.74 bits per heavy atom. The van der Waals surface area contributed by atoms with Crippen LogP contribution in [0.15, 0.2) is 42.5 Å². The van der Waals surface area contributed by atoms with Crippen LogP contribution < -0.4 is 15.4 Å². The molecular formula is C20H22N4O2S. The molecule has 140 valence electrons. The Morgan fingerprint density at radius 2 is 2.04 bits per heavy atom. The van der Waals surface area contributed by atoms with E-state index < -0.39 is 0 Å². The van der Waals surface area contributed by atoms with E-state index in [0.29, 0.717) is 17.9 Å². The van der Waals surface area contributed by atoms with Gasteiger partial charge in [0.05, 0.1) is 23.8 Å². The summed E-state index contributed by atoms with van der Waals surface area (Å²) in [4.78, 5) is 19.8. The van der Waals surface area contributed by atoms with Crippen LogP contribution in [-0.4, -0.2) is 28.1 Å². The van der Waals surface area contributed by atoms with Gasteiger partial charge < -0.3 is 20.4 Å². The molecule has 3 N–H and O–H groups in total. The van der Waals surface area contributed by atoms with Crippen molar-refractivity contribution in [3.63, 3.8) is 0 Å². The van der Waals surface area contributed by atoms with Crippen LogP contribution in [0.3, 0.4) is 0 Å². The smallest absolute Gasteiger partial charge is 0.226 e. The fraction of sp³-hybridized carbons (Fsp3) is 0.250. The summed E-state index contributed by atoms with van der Waals surface area (Å²) in [5, 5.41) is 5.97. The Morgan fingerprint density at radius 1 is 1.26 bits per heavy atom. The van der Waals surface area contributed by atoms with Gasteiger partial charge in [0.25, 0.3) is 0 Å². The molecule has 3 rings (SSSR count). The maximum atomic E-state index is 11.9. The lowest BCUT2D eigenvalue weighted by molar-refractivity contribution is -0.120. The van der Waals surface area contributed by atoms with Crippen molar-refractivity contribution < 1.29 is 9.53 Å². The third-order valence-corrected chi connectivity index (χ3v) is 4.16. The fourth-order valence-corrected chi connectivity index (χ4v) is 2.97. The zero-order chi connectivity index (χ0) is 19.4. The van der Waals surface area contributed by atoms with E-state index in [4.69, 9.17) is 17.0 Å². The number of hydrogen-bond acceptors (Lipinski definition) is 4. The number of fused-ring (bicyclic) bond motifs is 1. The topological polar surface area (TPSA) is 79.0 Å². The first-order chi connectivity index (χ1) is 13.0. The number of ether oxygens (including phenoxy) is 1. The summed E-state index contributed by atoms with van der Waals surface area (Å²) in [5.74, 6) is 1.51. The molecule has 27 heavy (non-hydrogen) atoms. The number of imidazole rings is 1. The number of H-pyrrole nitrogens is 1. The van der Waals surface area contributed by atoms with Crippen LogP contribution in [-0.2, 0) is 4.79 Å². The Kier molecular flexibility index (Phi) is 5.71. The molecule has 0 bridgehead atoms. The van der Waals surface area contributed by atoms with Crippen LogP contribution in [0.1, 0.15) is 20.3 Å². The lowest BCUT2D eigenvalue weighted by Gasteiger charge is -2.14. The SMILES string of the molecule is COc1ccc(-c2nc3ccccc3[nH]2)cc1NC(=S)NC(=O)CC(C)C. The minimum Gasteiger partial charge on any atom is -0.495 e. The highest BCUT2D eigenvalue weighted by molar-refractivity contribution is 7.80. The van der Waals surface area contributed by atoms with Gasteiger partial charge in [-0.05, 0) is 48.5 Å². The minimum absolute atomic E-state index is 0.116. The number of anilines is 1. The predicted molar refractivity (Wildman–Crippen MR) is 112 cm³/mol. The lowest BCUT2D eigenvalue weighted by atomic mass is 10.1. The number of nitrogens with zero attached hydrogens (tertiary/aromatic N) is 1. The first kappa shape index (κ1) is 18.8. The van der Waals surface area contributed by atoms with E-state index in [-0.39, 0.29) is 16.9 Å². The maximum Gasteiger partial charge on any atom is 0.226 e. The van der Waals surface area contributed by atoms with Gasteiger partial charge in [-0.3, -0.25) is 4.79 Å². The summed E-state index contributed by atoms with van der Waals surface area (Å²) in [6.45, 7) is 3.96. The Bertz CT molecular complexity index is 948. The molecule has 0 radical (unpaired) electrons. The van der Waals surface area contributed by atoms with E-state index in [0.717, 1.165) is 22.4 Å². The number of amides is 1. The van der Waals surface area contributed by atoms with Crippen molar-refractivity contribution in [2.75, 3.05) is 12.4 Å². The summed E-state index contributed by atoms with van der Waals surface area (Å²) < 4.78 is 5.40. The average molecular weight is 382 g/mol. The first-order valence-corrected chi connectivity index (χ1v) is 9.11. The number of aromatic amines is 1. The number of benzene rings is 2. The molecule has 0 aliphatic rings. The number of carbonyl (C=O) groups excluding carboxylic acids is 1. The molecule has 0 spiro atoms. The van der Waals surface area contributed by atoms with Gasteiger partial charge in [-0.15, -0.1) is 0 Å². The Labute approximate surface area is 163 Å². The van der Waals surface area contributed by atoms with E-state index in [1.807, 2.05) is 56.3 Å². The summed E-state index contributed by atoms with van der Waals surface area (Å²) in [6.07, 6.45) is 0.415. The molecule has 0 aliphatic carbocycles. The standard InChI is InChI=1S/C20H22N4O2S/c1-12(2)10-18(25)24-20(27)23-16-11-13(8-9-17(16)26-3)19-21-14-6-4-5-7-15(14)22-19/h4-9,11-12H,10H2,1-3H3,(H,21,22)(H2,23,24,25,27). The van der Waals surface area contributed by atoms with Crippen molar-refractivity contribution in [1.82, 2.24) is 15.3 Å². The molecule has 3 aromatic rings. The van der Waals surface area contributed by atoms with E-state index in [2.05, 4.69) is 20.6 Å². The highest BCUT2D eigenvalue weighted by Gasteiger charge is 2.12. The predicted octanol–water partition coefficient (Wildman–Crippen LogP) is 4.10. The molecule has 0 atom stereocenters. The molecule has 1 aromatic heterocycles. The van der Waals surface area contributed by atoms with Gasteiger partial charge in [-0.25, -0.2) is 4.98 Å². The molecule has 1 amide bonds. The number of aromatic nitrogens is 2. The number of nitrogens with one attached hydrogen (secondary N) is 3. The normalized spacial score (nSPS) is 10.8. The minimum atomic E-state index is -0.116. The summed E-state index contributed by atoms with van der Waals surface area (Å²) in [7, 11) is 1.59. The summed E-state index contributed by atoms with van der Waals surface area (Å²) in [5.41, 5.74) is 3.40. The van der Waals surface area contributed by atoms with E-state index >= 15 is 0 Å². The van der Waals surface area contributed by atoms with E-state index in [9.17, 15) is 4.79 Å². The van der Waals surface area contributed by atoms with Gasteiger partial charge in [0.1, 0.15) is 11.6 Å². The Balaban J connectivity index is 1.83. The van der Waals surface area contributed by atoms with Gasteiger partial charge in [0, 0.05) is 12.0 Å². The second kappa shape index (κ2) is 8.18. The molecule has 0 fully saturated rings. The molecular weight excluding hydrogens is 360 g/mol. The van der Waals surface area contributed by atoms with Crippen molar-refractivity contribution in [2.24, 2.45) is 5.92 Å². The molecule has 0 unspecified atom stereocenters. The third-order valence-electron chi connectivity index (χ3n) is 3.96. The number of thiocarbonyl (C=S) groups is 1. The average Bonchev–Trinajstić information content (AvgIpc) is 3.04. The molecule has 1 heterocycles. The fourth-order valence-electron chi connectivity index (χ4n) is 2.74. The van der Waals surface area contributed by atoms with Crippen molar-refractivity contribution in [3.05, 3.63) is 42.5 Å². The molecule has 0 aliphatic heterocycles. The van der Waals surface area contributed by atoms with Gasteiger partial charge in [0.15, 0.2) is 5.11 Å². The molecule has 6 nitrogen and oxygen atoms in total. The van der Waals surface area contributed by atoms with Crippen LogP contribution in [0.5, 0.6) is 5.75 Å². The number of para-hydroxylation sites is 2. The van der Waals surface area contributed by atoms with E-state index in [1.54, 1.807) is 7.11 Å².